The molecule has 0 saturated heterocycles. The molecule has 1 aromatic heterocycles. The van der Waals surface area contributed by atoms with Crippen LogP contribution in [-0.2, 0) is 0 Å². The zero-order valence-electron chi connectivity index (χ0n) is 7.35. The van der Waals surface area contributed by atoms with Crippen LogP contribution in [0, 0.1) is 10.1 Å². The Kier molecular flexibility index (Phi) is 3.33. The highest BCUT2D eigenvalue weighted by Crippen LogP contribution is 2.36. The van der Waals surface area contributed by atoms with Crippen LogP contribution in [0.1, 0.15) is 22.5 Å². The molecule has 86 valence electrons. The van der Waals surface area contributed by atoms with E-state index >= 15 is 0 Å². The third-order valence-electron chi connectivity index (χ3n) is 1.65. The monoisotopic (exact) mass is 252 g/mol. The van der Waals surface area contributed by atoms with Crippen molar-refractivity contribution < 1.29 is 23.6 Å². The third-order valence-corrected chi connectivity index (χ3v) is 1.95. The lowest BCUT2D eigenvalue weighted by molar-refractivity contribution is -0.386. The summed E-state index contributed by atoms with van der Waals surface area (Å²) >= 11 is 5.31. The van der Waals surface area contributed by atoms with Crippen LogP contribution in [0.5, 0.6) is 0 Å². The van der Waals surface area contributed by atoms with Gasteiger partial charge in [-0.1, -0.05) is 11.6 Å². The van der Waals surface area contributed by atoms with E-state index < -0.39 is 39.3 Å². The molecule has 0 atom stereocenters. The lowest BCUT2D eigenvalue weighted by Crippen LogP contribution is -2.09. The van der Waals surface area contributed by atoms with E-state index in [0.717, 1.165) is 0 Å². The number of carboxylic acid groups (broad SMARTS) is 1. The van der Waals surface area contributed by atoms with Crippen LogP contribution < -0.4 is 0 Å². The molecule has 0 amide bonds. The quantitative estimate of drug-likeness (QED) is 0.658. The number of hydrogen-bond donors (Lipinski definition) is 1. The summed E-state index contributed by atoms with van der Waals surface area (Å²) in [5, 5.41) is 18.4. The first-order valence-electron chi connectivity index (χ1n) is 3.70. The summed E-state index contributed by atoms with van der Waals surface area (Å²) < 4.78 is 25.0. The van der Waals surface area contributed by atoms with Crippen LogP contribution in [-0.4, -0.2) is 21.0 Å². The average molecular weight is 253 g/mol. The topological polar surface area (TPSA) is 93.3 Å². The van der Waals surface area contributed by atoms with Crippen LogP contribution in [0.25, 0.3) is 0 Å². The molecule has 0 aliphatic carbocycles. The number of hydrogen-bond acceptors (Lipinski definition) is 4. The van der Waals surface area contributed by atoms with Crippen molar-refractivity contribution in [3.05, 3.63) is 32.6 Å². The van der Waals surface area contributed by atoms with Crippen molar-refractivity contribution in [2.45, 2.75) is 6.43 Å². The van der Waals surface area contributed by atoms with Gasteiger partial charge in [-0.05, 0) is 0 Å². The zero-order valence-corrected chi connectivity index (χ0v) is 8.11. The maximum atomic E-state index is 12.5. The van der Waals surface area contributed by atoms with Gasteiger partial charge in [-0.15, -0.1) is 0 Å². The second-order valence-corrected chi connectivity index (χ2v) is 2.99. The lowest BCUT2D eigenvalue weighted by Gasteiger charge is -2.05. The smallest absolute Gasteiger partial charge is 0.361 e. The molecule has 0 radical (unpaired) electrons. The fraction of sp³-hybridized carbons (Fsp3) is 0.143. The van der Waals surface area contributed by atoms with Crippen molar-refractivity contribution in [1.29, 1.82) is 0 Å². The second kappa shape index (κ2) is 4.35. The number of pyridine rings is 1. The Labute approximate surface area is 91.6 Å². The van der Waals surface area contributed by atoms with Gasteiger partial charge in [0.2, 0.25) is 5.69 Å². The van der Waals surface area contributed by atoms with E-state index in [2.05, 4.69) is 4.98 Å². The minimum atomic E-state index is -3.26. The molecular weight excluding hydrogens is 250 g/mol. The first-order valence-corrected chi connectivity index (χ1v) is 4.08. The molecule has 0 saturated carbocycles. The third kappa shape index (κ3) is 2.06. The number of carbonyl (C=O) groups is 1. The Hall–Kier alpha value is -1.83. The van der Waals surface area contributed by atoms with Gasteiger partial charge in [0, 0.05) is 6.20 Å². The summed E-state index contributed by atoms with van der Waals surface area (Å²) in [6.45, 7) is 0. The number of halogens is 3. The van der Waals surface area contributed by atoms with Crippen molar-refractivity contribution in [2.75, 3.05) is 0 Å². The van der Waals surface area contributed by atoms with Gasteiger partial charge in [0.05, 0.1) is 9.95 Å². The van der Waals surface area contributed by atoms with Gasteiger partial charge < -0.3 is 5.11 Å². The molecule has 0 spiro atoms. The molecule has 9 heteroatoms. The molecule has 16 heavy (non-hydrogen) atoms. The van der Waals surface area contributed by atoms with Crippen molar-refractivity contribution in [2.24, 2.45) is 0 Å². The Balaban J connectivity index is 3.63. The number of nitrogens with zero attached hydrogens (tertiary/aromatic N) is 2. The fourth-order valence-electron chi connectivity index (χ4n) is 1.04. The molecule has 0 aliphatic heterocycles. The SMILES string of the molecule is O=C(O)c1ncc(Cl)c(C(F)F)c1[N+](=O)[O-]. The number of nitro groups is 1. The highest BCUT2D eigenvalue weighted by atomic mass is 35.5. The molecule has 0 bridgehead atoms. The van der Waals surface area contributed by atoms with Gasteiger partial charge in [0.1, 0.15) is 5.56 Å². The Bertz CT molecular complexity index is 466. The van der Waals surface area contributed by atoms with Gasteiger partial charge in [0.25, 0.3) is 6.43 Å². The van der Waals surface area contributed by atoms with Crippen molar-refractivity contribution in [1.82, 2.24) is 4.98 Å². The Morgan fingerprint density at radius 1 is 1.62 bits per heavy atom. The van der Waals surface area contributed by atoms with E-state index in [1.54, 1.807) is 0 Å². The van der Waals surface area contributed by atoms with Crippen molar-refractivity contribution in [3.63, 3.8) is 0 Å². The molecular formula is C7H3ClF2N2O4. The number of rotatable bonds is 3. The number of alkyl halides is 2. The largest absolute Gasteiger partial charge is 0.476 e. The van der Waals surface area contributed by atoms with E-state index in [9.17, 15) is 23.7 Å². The summed E-state index contributed by atoms with van der Waals surface area (Å²) in [5.74, 6) is -1.77. The summed E-state index contributed by atoms with van der Waals surface area (Å²) in [5.41, 5.74) is -3.49. The van der Waals surface area contributed by atoms with Crippen LogP contribution >= 0.6 is 11.6 Å². The van der Waals surface area contributed by atoms with Gasteiger partial charge in [-0.3, -0.25) is 10.1 Å². The minimum absolute atomic E-state index is 0.638. The molecule has 1 N–H and O–H groups in total. The van der Waals surface area contributed by atoms with E-state index in [1.807, 2.05) is 0 Å². The zero-order chi connectivity index (χ0) is 12.5. The molecule has 0 aromatic carbocycles. The molecule has 0 unspecified atom stereocenters. The predicted molar refractivity (Wildman–Crippen MR) is 47.8 cm³/mol. The Morgan fingerprint density at radius 3 is 2.56 bits per heavy atom. The van der Waals surface area contributed by atoms with E-state index in [1.165, 1.54) is 0 Å². The summed E-state index contributed by atoms with van der Waals surface area (Å²) in [6, 6.07) is 0. The highest BCUT2D eigenvalue weighted by molar-refractivity contribution is 6.31. The van der Waals surface area contributed by atoms with E-state index in [0.29, 0.717) is 6.20 Å². The molecule has 0 aliphatic rings. The van der Waals surface area contributed by atoms with Crippen LogP contribution in [0.3, 0.4) is 0 Å². The molecule has 1 rings (SSSR count). The fourth-order valence-corrected chi connectivity index (χ4v) is 1.26. The summed E-state index contributed by atoms with van der Waals surface area (Å²) in [7, 11) is 0. The normalized spacial score (nSPS) is 10.5. The minimum Gasteiger partial charge on any atom is -0.476 e. The second-order valence-electron chi connectivity index (χ2n) is 2.58. The molecule has 1 aromatic rings. The number of aromatic carboxylic acids is 1. The van der Waals surface area contributed by atoms with Crippen LogP contribution in [0.15, 0.2) is 6.20 Å². The van der Waals surface area contributed by atoms with Crippen LogP contribution in [0.2, 0.25) is 5.02 Å². The Morgan fingerprint density at radius 2 is 2.19 bits per heavy atom. The molecule has 1 heterocycles. The van der Waals surface area contributed by atoms with Crippen LogP contribution in [0.4, 0.5) is 14.5 Å². The van der Waals surface area contributed by atoms with Gasteiger partial charge in [-0.2, -0.15) is 0 Å². The maximum absolute atomic E-state index is 12.5. The number of carboxylic acids is 1. The van der Waals surface area contributed by atoms with E-state index in [4.69, 9.17) is 16.7 Å². The first-order chi connectivity index (χ1) is 7.36. The average Bonchev–Trinajstić information content (AvgIpc) is 2.15. The van der Waals surface area contributed by atoms with Crippen molar-refractivity contribution >= 4 is 23.3 Å². The first kappa shape index (κ1) is 12.2. The highest BCUT2D eigenvalue weighted by Gasteiger charge is 2.32. The van der Waals surface area contributed by atoms with Gasteiger partial charge in [0.15, 0.2) is 0 Å². The maximum Gasteiger partial charge on any atom is 0.361 e. The van der Waals surface area contributed by atoms with Gasteiger partial charge in [-0.25, -0.2) is 18.6 Å². The van der Waals surface area contributed by atoms with Crippen molar-refractivity contribution in [3.8, 4) is 0 Å². The van der Waals surface area contributed by atoms with E-state index in [-0.39, 0.29) is 0 Å². The summed E-state index contributed by atoms with van der Waals surface area (Å²) in [6.07, 6.45) is -2.62. The van der Waals surface area contributed by atoms with Gasteiger partial charge >= 0.3 is 11.7 Å². The standard InChI is InChI=1S/C7H3ClF2N2O4/c8-2-1-11-4(7(13)14)5(12(15)16)3(2)6(9)10/h1,6H,(H,13,14). The predicted octanol–water partition coefficient (Wildman–Crippen LogP) is 2.28. The number of aromatic nitrogens is 1. The molecule has 6 nitrogen and oxygen atoms in total. The lowest BCUT2D eigenvalue weighted by atomic mass is 10.2. The molecule has 0 fully saturated rings. The summed E-state index contributed by atoms with van der Waals surface area (Å²) in [4.78, 5) is 23.0.